The minimum absolute atomic E-state index is 0.559. The number of hydrogen-bond acceptors (Lipinski definition) is 5. The summed E-state index contributed by atoms with van der Waals surface area (Å²) in [6.45, 7) is 7.18. The molecule has 0 fully saturated rings. The van der Waals surface area contributed by atoms with E-state index in [0.29, 0.717) is 11.8 Å². The van der Waals surface area contributed by atoms with Gasteiger partial charge in [-0.05, 0) is 30.9 Å². The smallest absolute Gasteiger partial charge is 0.244 e. The molecule has 106 valence electrons. The molecule has 20 heavy (non-hydrogen) atoms. The molecule has 0 saturated heterocycles. The van der Waals surface area contributed by atoms with Gasteiger partial charge in [-0.3, -0.25) is 0 Å². The molecule has 1 aromatic carbocycles. The van der Waals surface area contributed by atoms with Gasteiger partial charge >= 0.3 is 0 Å². The van der Waals surface area contributed by atoms with Crippen molar-refractivity contribution in [1.29, 1.82) is 0 Å². The van der Waals surface area contributed by atoms with Crippen molar-refractivity contribution in [3.8, 4) is 0 Å². The van der Waals surface area contributed by atoms with Crippen molar-refractivity contribution in [2.45, 2.75) is 33.6 Å². The average Bonchev–Trinajstić information content (AvgIpc) is 2.47. The monoisotopic (exact) mass is 271 g/mol. The predicted molar refractivity (Wildman–Crippen MR) is 82.4 cm³/mol. The van der Waals surface area contributed by atoms with Gasteiger partial charge in [-0.1, -0.05) is 32.0 Å². The zero-order valence-corrected chi connectivity index (χ0v) is 12.3. The van der Waals surface area contributed by atoms with E-state index in [1.165, 1.54) is 11.1 Å². The van der Waals surface area contributed by atoms with E-state index in [4.69, 9.17) is 0 Å². The summed E-state index contributed by atoms with van der Waals surface area (Å²) in [7, 11) is 0. The highest BCUT2D eigenvalue weighted by molar-refractivity contribution is 5.64. The molecule has 0 atom stereocenters. The number of para-hydroxylation sites is 1. The second-order valence-corrected chi connectivity index (χ2v) is 4.68. The highest BCUT2D eigenvalue weighted by Gasteiger charge is 2.06. The number of anilines is 3. The highest BCUT2D eigenvalue weighted by Crippen LogP contribution is 2.24. The van der Waals surface area contributed by atoms with Crippen molar-refractivity contribution in [2.75, 3.05) is 17.2 Å². The molecule has 2 N–H and O–H groups in total. The quantitative estimate of drug-likeness (QED) is 0.844. The van der Waals surface area contributed by atoms with E-state index in [1.54, 1.807) is 6.20 Å². The molecule has 1 heterocycles. The molecule has 5 nitrogen and oxygen atoms in total. The van der Waals surface area contributed by atoms with Crippen molar-refractivity contribution < 1.29 is 0 Å². The van der Waals surface area contributed by atoms with Crippen LogP contribution in [-0.4, -0.2) is 21.7 Å². The fourth-order valence-electron chi connectivity index (χ4n) is 2.01. The molecule has 0 radical (unpaired) electrons. The van der Waals surface area contributed by atoms with Crippen LogP contribution in [0.4, 0.5) is 17.5 Å². The van der Waals surface area contributed by atoms with Gasteiger partial charge in [0.05, 0.1) is 6.20 Å². The topological polar surface area (TPSA) is 62.7 Å². The Morgan fingerprint density at radius 1 is 1.20 bits per heavy atom. The Labute approximate surface area is 119 Å². The molecule has 0 aliphatic heterocycles. The van der Waals surface area contributed by atoms with Crippen molar-refractivity contribution >= 4 is 17.5 Å². The molecular formula is C15H21N5. The summed E-state index contributed by atoms with van der Waals surface area (Å²) < 4.78 is 0. The number of rotatable bonds is 6. The maximum absolute atomic E-state index is 4.43. The standard InChI is InChI=1S/C15H21N5/c1-4-9-16-15-19-13(10-17-20-15)18-14-11(3)7-6-8-12(14)5-2/h6-8,10H,4-5,9H2,1-3H3,(H2,16,18,19,20). The third kappa shape index (κ3) is 3.44. The minimum Gasteiger partial charge on any atom is -0.353 e. The van der Waals surface area contributed by atoms with Crippen molar-refractivity contribution in [2.24, 2.45) is 0 Å². The lowest BCUT2D eigenvalue weighted by molar-refractivity contribution is 0.913. The van der Waals surface area contributed by atoms with E-state index < -0.39 is 0 Å². The average molecular weight is 271 g/mol. The molecule has 0 saturated carbocycles. The minimum atomic E-state index is 0.559. The Balaban J connectivity index is 2.21. The summed E-state index contributed by atoms with van der Waals surface area (Å²) in [6, 6.07) is 6.29. The zero-order chi connectivity index (χ0) is 14.4. The highest BCUT2D eigenvalue weighted by atomic mass is 15.3. The second-order valence-electron chi connectivity index (χ2n) is 4.68. The molecule has 0 unspecified atom stereocenters. The van der Waals surface area contributed by atoms with E-state index >= 15 is 0 Å². The molecule has 0 bridgehead atoms. The molecule has 0 aliphatic carbocycles. The molecule has 1 aromatic heterocycles. The summed E-state index contributed by atoms with van der Waals surface area (Å²) in [5.41, 5.74) is 3.58. The van der Waals surface area contributed by atoms with E-state index in [-0.39, 0.29) is 0 Å². The molecule has 5 heteroatoms. The fraction of sp³-hybridized carbons (Fsp3) is 0.400. The lowest BCUT2D eigenvalue weighted by Gasteiger charge is -2.13. The zero-order valence-electron chi connectivity index (χ0n) is 12.3. The van der Waals surface area contributed by atoms with Gasteiger partial charge < -0.3 is 10.6 Å². The van der Waals surface area contributed by atoms with Gasteiger partial charge in [0.1, 0.15) is 0 Å². The van der Waals surface area contributed by atoms with Gasteiger partial charge in [0, 0.05) is 12.2 Å². The first-order valence-electron chi connectivity index (χ1n) is 7.03. The molecular weight excluding hydrogens is 250 g/mol. The van der Waals surface area contributed by atoms with Crippen LogP contribution in [0.3, 0.4) is 0 Å². The molecule has 0 aliphatic rings. The van der Waals surface area contributed by atoms with E-state index in [1.807, 2.05) is 0 Å². The second kappa shape index (κ2) is 6.84. The normalized spacial score (nSPS) is 10.3. The van der Waals surface area contributed by atoms with Gasteiger partial charge in [0.2, 0.25) is 5.95 Å². The summed E-state index contributed by atoms with van der Waals surface area (Å²) in [6.07, 6.45) is 3.64. The lowest BCUT2D eigenvalue weighted by atomic mass is 10.1. The van der Waals surface area contributed by atoms with E-state index in [2.05, 4.69) is 64.8 Å². The Kier molecular flexibility index (Phi) is 4.87. The Bertz CT molecular complexity index is 568. The van der Waals surface area contributed by atoms with Crippen LogP contribution in [0.1, 0.15) is 31.4 Å². The fourth-order valence-corrected chi connectivity index (χ4v) is 2.01. The van der Waals surface area contributed by atoms with Gasteiger partial charge in [-0.15, -0.1) is 5.10 Å². The number of nitrogens with one attached hydrogen (secondary N) is 2. The SMILES string of the molecule is CCCNc1nncc(Nc2c(C)cccc2CC)n1. The van der Waals surface area contributed by atoms with Crippen LogP contribution in [0.25, 0.3) is 0 Å². The molecule has 0 spiro atoms. The Morgan fingerprint density at radius 3 is 2.80 bits per heavy atom. The number of aromatic nitrogens is 3. The van der Waals surface area contributed by atoms with Crippen LogP contribution in [0.15, 0.2) is 24.4 Å². The maximum atomic E-state index is 4.43. The van der Waals surface area contributed by atoms with Crippen LogP contribution >= 0.6 is 0 Å². The first-order chi connectivity index (χ1) is 9.74. The summed E-state index contributed by atoms with van der Waals surface area (Å²) in [5, 5.41) is 14.4. The number of nitrogens with zero attached hydrogens (tertiary/aromatic N) is 3. The summed E-state index contributed by atoms with van der Waals surface area (Å²) in [5.74, 6) is 1.27. The van der Waals surface area contributed by atoms with Crippen LogP contribution in [0.5, 0.6) is 0 Å². The van der Waals surface area contributed by atoms with Crippen molar-refractivity contribution in [3.63, 3.8) is 0 Å². The van der Waals surface area contributed by atoms with E-state index in [0.717, 1.165) is 25.1 Å². The van der Waals surface area contributed by atoms with Crippen LogP contribution in [-0.2, 0) is 6.42 Å². The van der Waals surface area contributed by atoms with Gasteiger partial charge in [-0.25, -0.2) is 0 Å². The van der Waals surface area contributed by atoms with Gasteiger partial charge in [0.15, 0.2) is 5.82 Å². The number of aryl methyl sites for hydroxylation is 2. The van der Waals surface area contributed by atoms with Gasteiger partial charge in [-0.2, -0.15) is 10.1 Å². The largest absolute Gasteiger partial charge is 0.353 e. The summed E-state index contributed by atoms with van der Waals surface area (Å²) >= 11 is 0. The first-order valence-corrected chi connectivity index (χ1v) is 7.03. The Hall–Kier alpha value is -2.17. The third-order valence-corrected chi connectivity index (χ3v) is 3.09. The molecule has 2 rings (SSSR count). The van der Waals surface area contributed by atoms with E-state index in [9.17, 15) is 0 Å². The van der Waals surface area contributed by atoms with Crippen molar-refractivity contribution in [1.82, 2.24) is 15.2 Å². The maximum Gasteiger partial charge on any atom is 0.244 e. The number of hydrogen-bond donors (Lipinski definition) is 2. The summed E-state index contributed by atoms with van der Waals surface area (Å²) in [4.78, 5) is 4.43. The number of benzene rings is 1. The van der Waals surface area contributed by atoms with Crippen molar-refractivity contribution in [3.05, 3.63) is 35.5 Å². The van der Waals surface area contributed by atoms with Crippen LogP contribution in [0.2, 0.25) is 0 Å². The predicted octanol–water partition coefficient (Wildman–Crippen LogP) is 3.31. The Morgan fingerprint density at radius 2 is 2.05 bits per heavy atom. The lowest BCUT2D eigenvalue weighted by Crippen LogP contribution is -2.07. The van der Waals surface area contributed by atoms with Gasteiger partial charge in [0.25, 0.3) is 0 Å². The van der Waals surface area contributed by atoms with Crippen LogP contribution < -0.4 is 10.6 Å². The molecule has 0 amide bonds. The third-order valence-electron chi connectivity index (χ3n) is 3.09. The first kappa shape index (κ1) is 14.2. The van der Waals surface area contributed by atoms with Crippen LogP contribution in [0, 0.1) is 6.92 Å². The molecule has 2 aromatic rings.